The van der Waals surface area contributed by atoms with Crippen molar-refractivity contribution in [2.24, 2.45) is 11.1 Å². The topological polar surface area (TPSA) is 70.1 Å². The van der Waals surface area contributed by atoms with Crippen molar-refractivity contribution in [2.45, 2.75) is 57.7 Å². The van der Waals surface area contributed by atoms with Gasteiger partial charge in [-0.15, -0.1) is 0 Å². The number of nitrogens with two attached hydrogens (primary N) is 1. The van der Waals surface area contributed by atoms with E-state index in [1.54, 1.807) is 6.07 Å². The third-order valence-electron chi connectivity index (χ3n) is 5.53. The molecule has 1 aromatic rings. The first-order chi connectivity index (χ1) is 10.7. The minimum atomic E-state index is -0.643. The minimum absolute atomic E-state index is 0.0976. The number of carbonyl (C=O) groups excluding carboxylic acids is 1. The maximum absolute atomic E-state index is 13.5. The van der Waals surface area contributed by atoms with E-state index in [0.29, 0.717) is 6.42 Å². The van der Waals surface area contributed by atoms with Gasteiger partial charge in [0, 0.05) is 0 Å². The summed E-state index contributed by atoms with van der Waals surface area (Å²) < 4.78 is 13.5. The van der Waals surface area contributed by atoms with E-state index in [1.165, 1.54) is 12.1 Å². The highest BCUT2D eigenvalue weighted by molar-refractivity contribution is 5.86. The fourth-order valence-corrected chi connectivity index (χ4v) is 4.40. The number of halogens is 1. The predicted molar refractivity (Wildman–Crippen MR) is 84.7 cm³/mol. The Labute approximate surface area is 136 Å². The van der Waals surface area contributed by atoms with Crippen molar-refractivity contribution < 1.29 is 9.18 Å². The van der Waals surface area contributed by atoms with Gasteiger partial charge >= 0.3 is 0 Å². The minimum Gasteiger partial charge on any atom is -0.327 e. The molecule has 0 spiro atoms. The lowest BCUT2D eigenvalue weighted by Crippen LogP contribution is -2.49. The normalized spacial score (nSPS) is 30.4. The van der Waals surface area contributed by atoms with Crippen LogP contribution in [0.1, 0.15) is 44.2 Å². The van der Waals surface area contributed by atoms with E-state index in [4.69, 9.17) is 5.73 Å². The highest BCUT2D eigenvalue weighted by atomic mass is 19.1. The van der Waals surface area contributed by atoms with Crippen molar-refractivity contribution in [3.63, 3.8) is 0 Å². The van der Waals surface area contributed by atoms with Gasteiger partial charge in [0.25, 0.3) is 0 Å². The summed E-state index contributed by atoms with van der Waals surface area (Å²) in [6.07, 6.45) is 2.04. The molecule has 2 saturated heterocycles. The summed E-state index contributed by atoms with van der Waals surface area (Å²) in [7, 11) is 0. The number of aryl methyl sites for hydroxylation is 1. The van der Waals surface area contributed by atoms with E-state index in [-0.39, 0.29) is 17.8 Å². The van der Waals surface area contributed by atoms with E-state index < -0.39 is 17.0 Å². The third kappa shape index (κ3) is 2.16. The predicted octanol–water partition coefficient (Wildman–Crippen LogP) is 2.60. The molecule has 2 aliphatic heterocycles. The second-order valence-corrected chi connectivity index (χ2v) is 7.40. The van der Waals surface area contributed by atoms with Crippen molar-refractivity contribution in [1.82, 2.24) is 4.90 Å². The summed E-state index contributed by atoms with van der Waals surface area (Å²) >= 11 is 0. The number of nitriles is 1. The first-order valence-corrected chi connectivity index (χ1v) is 7.99. The van der Waals surface area contributed by atoms with Crippen molar-refractivity contribution in [3.8, 4) is 6.07 Å². The first kappa shape index (κ1) is 15.9. The van der Waals surface area contributed by atoms with Gasteiger partial charge in [-0.2, -0.15) is 5.26 Å². The van der Waals surface area contributed by atoms with Crippen LogP contribution in [-0.4, -0.2) is 22.9 Å². The van der Waals surface area contributed by atoms with Crippen LogP contribution < -0.4 is 5.73 Å². The zero-order valence-electron chi connectivity index (χ0n) is 13.8. The van der Waals surface area contributed by atoms with Crippen LogP contribution in [0.25, 0.3) is 0 Å². The fourth-order valence-electron chi connectivity index (χ4n) is 4.40. The number of rotatable bonds is 2. The van der Waals surface area contributed by atoms with Gasteiger partial charge in [0.1, 0.15) is 5.82 Å². The lowest BCUT2D eigenvalue weighted by Gasteiger charge is -2.40. The first-order valence-electron chi connectivity index (χ1n) is 7.99. The van der Waals surface area contributed by atoms with E-state index in [9.17, 15) is 14.4 Å². The Kier molecular flexibility index (Phi) is 3.49. The molecule has 2 fully saturated rings. The Morgan fingerprint density at radius 3 is 2.78 bits per heavy atom. The highest BCUT2D eigenvalue weighted by Gasteiger charge is 2.60. The molecule has 0 saturated carbocycles. The molecule has 3 atom stereocenters. The van der Waals surface area contributed by atoms with Gasteiger partial charge in [-0.3, -0.25) is 4.79 Å². The second kappa shape index (κ2) is 5.04. The molecule has 0 aromatic heterocycles. The number of nitrogens with zero attached hydrogens (tertiary/aromatic N) is 2. The molecule has 2 N–H and O–H groups in total. The summed E-state index contributed by atoms with van der Waals surface area (Å²) in [5.74, 6) is -0.380. The molecule has 1 amide bonds. The molecule has 4 nitrogen and oxygen atoms in total. The molecule has 2 aliphatic rings. The van der Waals surface area contributed by atoms with Crippen LogP contribution in [0.5, 0.6) is 0 Å². The van der Waals surface area contributed by atoms with E-state index >= 15 is 0 Å². The largest absolute Gasteiger partial charge is 0.327 e. The zero-order valence-corrected chi connectivity index (χ0v) is 13.8. The van der Waals surface area contributed by atoms with E-state index in [2.05, 4.69) is 6.07 Å². The lowest BCUT2D eigenvalue weighted by molar-refractivity contribution is -0.134. The van der Waals surface area contributed by atoms with Crippen molar-refractivity contribution in [2.75, 3.05) is 0 Å². The fraction of sp³-hybridized carbons (Fsp3) is 0.556. The molecule has 2 heterocycles. The van der Waals surface area contributed by atoms with E-state index in [1.807, 2.05) is 25.7 Å². The van der Waals surface area contributed by atoms with Gasteiger partial charge < -0.3 is 10.6 Å². The molecule has 0 unspecified atom stereocenters. The Balaban J connectivity index is 2.14. The highest BCUT2D eigenvalue weighted by Crippen LogP contribution is 2.53. The van der Waals surface area contributed by atoms with E-state index in [0.717, 1.165) is 24.0 Å². The average Bonchev–Trinajstić information content (AvgIpc) is 2.96. The molecule has 5 heteroatoms. The number of hydrogen-bond acceptors (Lipinski definition) is 3. The molecule has 23 heavy (non-hydrogen) atoms. The second-order valence-electron chi connectivity index (χ2n) is 7.40. The molecule has 122 valence electrons. The van der Waals surface area contributed by atoms with Gasteiger partial charge in [0.2, 0.25) is 5.91 Å². The van der Waals surface area contributed by atoms with Crippen LogP contribution in [-0.2, 0) is 10.3 Å². The van der Waals surface area contributed by atoms with Crippen LogP contribution >= 0.6 is 0 Å². The van der Waals surface area contributed by atoms with Crippen molar-refractivity contribution in [3.05, 3.63) is 35.1 Å². The lowest BCUT2D eigenvalue weighted by atomic mass is 9.82. The maximum Gasteiger partial charge on any atom is 0.240 e. The SMILES string of the molecule is Cc1cc(F)ccc1[C@]12CC[C@H](C(C)(C)C#N)N1C(=O)[C@@H](N)C2. The van der Waals surface area contributed by atoms with Crippen LogP contribution in [0.4, 0.5) is 4.39 Å². The maximum atomic E-state index is 13.5. The van der Waals surface area contributed by atoms with Gasteiger partial charge in [-0.1, -0.05) is 6.07 Å². The van der Waals surface area contributed by atoms with Gasteiger partial charge in [0.15, 0.2) is 0 Å². The number of amides is 1. The Hall–Kier alpha value is -1.93. The Morgan fingerprint density at radius 2 is 2.17 bits per heavy atom. The van der Waals surface area contributed by atoms with Gasteiger partial charge in [0.05, 0.1) is 29.1 Å². The molecule has 3 rings (SSSR count). The summed E-state index contributed by atoms with van der Waals surface area (Å²) in [5.41, 5.74) is 6.70. The monoisotopic (exact) mass is 315 g/mol. The molecule has 0 aliphatic carbocycles. The third-order valence-corrected chi connectivity index (χ3v) is 5.53. The molecule has 0 radical (unpaired) electrons. The quantitative estimate of drug-likeness (QED) is 0.912. The molecular weight excluding hydrogens is 293 g/mol. The molecule has 0 bridgehead atoms. The Morgan fingerprint density at radius 1 is 1.48 bits per heavy atom. The van der Waals surface area contributed by atoms with Crippen LogP contribution in [0.2, 0.25) is 0 Å². The number of hydrogen-bond donors (Lipinski definition) is 1. The number of fused-ring (bicyclic) bond motifs is 1. The summed E-state index contributed by atoms with van der Waals surface area (Å²) in [6, 6.07) is 6.31. The van der Waals surface area contributed by atoms with Crippen LogP contribution in [0.3, 0.4) is 0 Å². The smallest absolute Gasteiger partial charge is 0.240 e. The molecular formula is C18H22FN3O. The summed E-state index contributed by atoms with van der Waals surface area (Å²) in [5, 5.41) is 9.50. The van der Waals surface area contributed by atoms with Gasteiger partial charge in [-0.25, -0.2) is 4.39 Å². The molecule has 1 aromatic carbocycles. The summed E-state index contributed by atoms with van der Waals surface area (Å²) in [4.78, 5) is 14.6. The average molecular weight is 315 g/mol. The van der Waals surface area contributed by atoms with Crippen LogP contribution in [0.15, 0.2) is 18.2 Å². The summed E-state index contributed by atoms with van der Waals surface area (Å²) in [6.45, 7) is 5.59. The van der Waals surface area contributed by atoms with Gasteiger partial charge in [-0.05, 0) is 63.3 Å². The Bertz CT molecular complexity index is 709. The number of benzene rings is 1. The zero-order chi connectivity index (χ0) is 17.0. The number of carbonyl (C=O) groups is 1. The van der Waals surface area contributed by atoms with Crippen LogP contribution in [0, 0.1) is 29.5 Å². The van der Waals surface area contributed by atoms with Crippen molar-refractivity contribution in [1.29, 1.82) is 5.26 Å². The van der Waals surface area contributed by atoms with Crippen molar-refractivity contribution >= 4 is 5.91 Å². The standard InChI is InChI=1S/C18H22FN3O/c1-11-8-12(19)4-5-13(11)18-7-6-15(17(2,3)10-20)22(18)16(23)14(21)9-18/h4-5,8,14-15H,6-7,9,21H2,1-3H3/t14-,15+,18+/m0/s1.